The van der Waals surface area contributed by atoms with E-state index in [1.165, 1.54) is 22.3 Å². The molecule has 2 saturated heterocycles. The van der Waals surface area contributed by atoms with Crippen molar-refractivity contribution in [3.63, 3.8) is 0 Å². The van der Waals surface area contributed by atoms with Gasteiger partial charge in [0.15, 0.2) is 0 Å². The van der Waals surface area contributed by atoms with Gasteiger partial charge in [-0.25, -0.2) is 9.37 Å². The van der Waals surface area contributed by atoms with Gasteiger partial charge in [-0.05, 0) is 31.7 Å². The maximum Gasteiger partial charge on any atom is 0.241 e. The Labute approximate surface area is 190 Å². The van der Waals surface area contributed by atoms with Crippen LogP contribution in [-0.2, 0) is 19.8 Å². The zero-order valence-corrected chi connectivity index (χ0v) is 18.7. The van der Waals surface area contributed by atoms with Crippen molar-refractivity contribution in [2.75, 3.05) is 6.54 Å². The molecule has 0 spiro atoms. The van der Waals surface area contributed by atoms with E-state index in [0.717, 1.165) is 43.5 Å². The Morgan fingerprint density at radius 1 is 1.16 bits per heavy atom. The van der Waals surface area contributed by atoms with Gasteiger partial charge in [-0.3, -0.25) is 19.3 Å². The predicted octanol–water partition coefficient (Wildman–Crippen LogP) is 3.98. The average Bonchev–Trinajstić information content (AvgIpc) is 3.57. The molecule has 0 radical (unpaired) electrons. The van der Waals surface area contributed by atoms with Crippen LogP contribution in [0.2, 0.25) is 0 Å². The summed E-state index contributed by atoms with van der Waals surface area (Å²) in [7, 11) is 0. The fraction of sp³-hybridized carbons (Fsp3) is 0.500. The van der Waals surface area contributed by atoms with Crippen molar-refractivity contribution in [2.45, 2.75) is 68.9 Å². The van der Waals surface area contributed by atoms with Gasteiger partial charge in [0, 0.05) is 42.6 Å². The van der Waals surface area contributed by atoms with E-state index in [9.17, 15) is 14.4 Å². The summed E-state index contributed by atoms with van der Waals surface area (Å²) < 4.78 is 15.0. The van der Waals surface area contributed by atoms with Gasteiger partial charge in [0.2, 0.25) is 17.7 Å². The SMILES string of the molecule is O=C1C[C@](CC(=O)N2CCC[C@@H]2c2nccs2)(c2ccccc2F)C(=O)N1C1CCCC1. The number of hydrogen-bond donors (Lipinski definition) is 0. The normalized spacial score (nSPS) is 26.5. The van der Waals surface area contributed by atoms with Crippen molar-refractivity contribution in [1.29, 1.82) is 0 Å². The molecule has 3 aliphatic rings. The van der Waals surface area contributed by atoms with Gasteiger partial charge in [0.05, 0.1) is 11.5 Å². The zero-order chi connectivity index (χ0) is 22.3. The van der Waals surface area contributed by atoms with E-state index in [0.29, 0.717) is 6.54 Å². The van der Waals surface area contributed by atoms with Gasteiger partial charge < -0.3 is 4.90 Å². The van der Waals surface area contributed by atoms with Crippen LogP contribution in [0.25, 0.3) is 0 Å². The average molecular weight is 456 g/mol. The predicted molar refractivity (Wildman–Crippen MR) is 117 cm³/mol. The van der Waals surface area contributed by atoms with E-state index in [4.69, 9.17) is 0 Å². The molecule has 1 aromatic carbocycles. The third kappa shape index (κ3) is 3.45. The summed E-state index contributed by atoms with van der Waals surface area (Å²) in [4.78, 5) is 47.9. The molecule has 1 aromatic heterocycles. The zero-order valence-electron chi connectivity index (χ0n) is 17.8. The van der Waals surface area contributed by atoms with Gasteiger partial charge >= 0.3 is 0 Å². The number of halogens is 1. The second-order valence-corrected chi connectivity index (χ2v) is 9.96. The lowest BCUT2D eigenvalue weighted by molar-refractivity contribution is -0.145. The molecular weight excluding hydrogens is 429 g/mol. The van der Waals surface area contributed by atoms with Crippen LogP contribution < -0.4 is 0 Å². The Hall–Kier alpha value is -2.61. The molecule has 8 heteroatoms. The van der Waals surface area contributed by atoms with Gasteiger partial charge in [-0.2, -0.15) is 0 Å². The Balaban J connectivity index is 1.50. The highest BCUT2D eigenvalue weighted by atomic mass is 32.1. The summed E-state index contributed by atoms with van der Waals surface area (Å²) in [5.74, 6) is -1.48. The highest BCUT2D eigenvalue weighted by Gasteiger charge is 2.57. The minimum atomic E-state index is -1.49. The van der Waals surface area contributed by atoms with E-state index in [1.54, 1.807) is 29.3 Å². The second kappa shape index (κ2) is 8.39. The topological polar surface area (TPSA) is 70.6 Å². The van der Waals surface area contributed by atoms with Crippen LogP contribution in [-0.4, -0.2) is 45.1 Å². The largest absolute Gasteiger partial charge is 0.333 e. The number of carbonyl (C=O) groups excluding carboxylic acids is 3. The summed E-state index contributed by atoms with van der Waals surface area (Å²) in [5.41, 5.74) is -1.34. The number of nitrogens with zero attached hydrogens (tertiary/aromatic N) is 3. The summed E-state index contributed by atoms with van der Waals surface area (Å²) in [6, 6.07) is 5.80. The second-order valence-electron chi connectivity index (χ2n) is 9.04. The van der Waals surface area contributed by atoms with E-state index < -0.39 is 17.1 Å². The van der Waals surface area contributed by atoms with Gasteiger partial charge in [0.25, 0.3) is 0 Å². The van der Waals surface area contributed by atoms with Crippen LogP contribution in [0.15, 0.2) is 35.8 Å². The molecule has 3 amide bonds. The molecule has 0 bridgehead atoms. The first kappa shape index (κ1) is 21.2. The summed E-state index contributed by atoms with van der Waals surface area (Å²) in [6.45, 7) is 0.574. The van der Waals surface area contributed by atoms with Crippen LogP contribution in [0.3, 0.4) is 0 Å². The first-order valence-corrected chi connectivity index (χ1v) is 12.2. The van der Waals surface area contributed by atoms with Gasteiger partial charge in [0.1, 0.15) is 10.8 Å². The fourth-order valence-corrected chi connectivity index (χ4v) is 6.45. The maximum absolute atomic E-state index is 15.0. The van der Waals surface area contributed by atoms with E-state index in [2.05, 4.69) is 4.98 Å². The van der Waals surface area contributed by atoms with Crippen LogP contribution in [0.5, 0.6) is 0 Å². The molecule has 0 N–H and O–H groups in total. The molecule has 2 atom stereocenters. The van der Waals surface area contributed by atoms with Crippen molar-refractivity contribution in [1.82, 2.24) is 14.8 Å². The standard InChI is InChI=1S/C24H26FN3O3S/c25-18-9-4-3-8-17(18)24(15-21(30)28(23(24)31)16-6-1-2-7-16)14-20(29)27-12-5-10-19(27)22-26-11-13-32-22/h3-4,8-9,11,13,16,19H,1-2,5-7,10,12,14-15H2/t19-,24-/m1/s1. The summed E-state index contributed by atoms with van der Waals surface area (Å²) in [5, 5.41) is 2.76. The number of amides is 3. The Morgan fingerprint density at radius 2 is 1.94 bits per heavy atom. The summed E-state index contributed by atoms with van der Waals surface area (Å²) in [6.07, 6.45) is 6.51. The van der Waals surface area contributed by atoms with Crippen molar-refractivity contribution in [3.05, 3.63) is 52.2 Å². The van der Waals surface area contributed by atoms with E-state index in [-0.39, 0.29) is 42.3 Å². The molecule has 3 heterocycles. The van der Waals surface area contributed by atoms with Crippen LogP contribution in [0.1, 0.15) is 68.0 Å². The number of rotatable bonds is 5. The molecule has 2 aromatic rings. The minimum Gasteiger partial charge on any atom is -0.333 e. The Bertz CT molecular complexity index is 1040. The third-order valence-electron chi connectivity index (χ3n) is 7.19. The third-order valence-corrected chi connectivity index (χ3v) is 8.07. The highest BCUT2D eigenvalue weighted by molar-refractivity contribution is 7.09. The quantitative estimate of drug-likeness (QED) is 0.640. The number of carbonyl (C=O) groups is 3. The lowest BCUT2D eigenvalue weighted by Gasteiger charge is -2.32. The van der Waals surface area contributed by atoms with Crippen LogP contribution >= 0.6 is 11.3 Å². The summed E-state index contributed by atoms with van der Waals surface area (Å²) >= 11 is 1.51. The molecule has 1 aliphatic carbocycles. The first-order chi connectivity index (χ1) is 15.5. The number of hydrogen-bond acceptors (Lipinski definition) is 5. The van der Waals surface area contributed by atoms with Crippen molar-refractivity contribution in [2.24, 2.45) is 0 Å². The van der Waals surface area contributed by atoms with Crippen molar-refractivity contribution in [3.8, 4) is 0 Å². The molecule has 2 aliphatic heterocycles. The van der Waals surface area contributed by atoms with E-state index >= 15 is 4.39 Å². The highest BCUT2D eigenvalue weighted by Crippen LogP contribution is 2.45. The maximum atomic E-state index is 15.0. The van der Waals surface area contributed by atoms with Gasteiger partial charge in [-0.15, -0.1) is 11.3 Å². The van der Waals surface area contributed by atoms with E-state index in [1.807, 2.05) is 5.38 Å². The molecule has 168 valence electrons. The molecule has 3 fully saturated rings. The number of thiazole rings is 1. The number of benzene rings is 1. The van der Waals surface area contributed by atoms with Crippen molar-refractivity contribution >= 4 is 29.1 Å². The van der Waals surface area contributed by atoms with Gasteiger partial charge in [-0.1, -0.05) is 31.0 Å². The molecule has 6 nitrogen and oxygen atoms in total. The molecule has 0 unspecified atom stereocenters. The Kier molecular flexibility index (Phi) is 5.57. The minimum absolute atomic E-state index is 0.127. The van der Waals surface area contributed by atoms with Crippen LogP contribution in [0, 0.1) is 5.82 Å². The molecular formula is C24H26FN3O3S. The first-order valence-electron chi connectivity index (χ1n) is 11.3. The van der Waals surface area contributed by atoms with Crippen molar-refractivity contribution < 1.29 is 18.8 Å². The lowest BCUT2D eigenvalue weighted by Crippen LogP contribution is -2.46. The molecule has 5 rings (SSSR count). The molecule has 1 saturated carbocycles. The number of imide groups is 1. The number of likely N-dealkylation sites (tertiary alicyclic amines) is 2. The molecule has 32 heavy (non-hydrogen) atoms. The lowest BCUT2D eigenvalue weighted by atomic mass is 9.75. The fourth-order valence-electron chi connectivity index (χ4n) is 5.67. The smallest absolute Gasteiger partial charge is 0.241 e. The Morgan fingerprint density at radius 3 is 2.66 bits per heavy atom. The monoisotopic (exact) mass is 455 g/mol. The van der Waals surface area contributed by atoms with Crippen LogP contribution in [0.4, 0.5) is 4.39 Å². The number of aromatic nitrogens is 1.